The van der Waals surface area contributed by atoms with E-state index in [1.165, 1.54) is 11.8 Å². The van der Waals surface area contributed by atoms with E-state index in [0.29, 0.717) is 12.2 Å². The van der Waals surface area contributed by atoms with Gasteiger partial charge in [0, 0.05) is 18.0 Å². The zero-order valence-corrected chi connectivity index (χ0v) is 16.6. The van der Waals surface area contributed by atoms with Gasteiger partial charge in [-0.15, -0.1) is 0 Å². The fourth-order valence-corrected chi connectivity index (χ4v) is 4.48. The standard InChI is InChI=1S/C19H24N4O2S/c1-6-22-14-10-8-9-11-15(14)26-19(5,18(22)25)17(24)20-16-12(3)21-23(7-2)13(16)4/h8-11H,6-7H2,1-5H3,(H,20,24). The fraction of sp³-hybridized carbons (Fsp3) is 0.421. The van der Waals surface area contributed by atoms with Crippen LogP contribution in [0.15, 0.2) is 29.2 Å². The number of thioether (sulfide) groups is 1. The highest BCUT2D eigenvalue weighted by molar-refractivity contribution is 8.02. The summed E-state index contributed by atoms with van der Waals surface area (Å²) in [7, 11) is 0. The van der Waals surface area contributed by atoms with Crippen molar-refractivity contribution in [2.45, 2.75) is 50.8 Å². The van der Waals surface area contributed by atoms with Crippen molar-refractivity contribution in [3.05, 3.63) is 35.7 Å². The molecule has 0 saturated carbocycles. The van der Waals surface area contributed by atoms with E-state index in [2.05, 4.69) is 10.4 Å². The molecular weight excluding hydrogens is 348 g/mol. The third-order valence-corrected chi connectivity index (χ3v) is 6.13. The number of carbonyl (C=O) groups excluding carboxylic acids is 2. The third kappa shape index (κ3) is 2.80. The molecule has 2 amide bonds. The number of aromatic nitrogens is 2. The Morgan fingerprint density at radius 2 is 1.92 bits per heavy atom. The maximum atomic E-state index is 13.2. The first-order valence-electron chi connectivity index (χ1n) is 8.78. The summed E-state index contributed by atoms with van der Waals surface area (Å²) in [6, 6.07) is 7.70. The van der Waals surface area contributed by atoms with Crippen LogP contribution in [0, 0.1) is 13.8 Å². The number of anilines is 2. The number of para-hydroxylation sites is 1. The van der Waals surface area contributed by atoms with Crippen LogP contribution in [-0.4, -0.2) is 32.9 Å². The Bertz CT molecular complexity index is 876. The minimum absolute atomic E-state index is 0.195. The molecule has 7 heteroatoms. The summed E-state index contributed by atoms with van der Waals surface area (Å²) in [6.07, 6.45) is 0. The van der Waals surface area contributed by atoms with Gasteiger partial charge >= 0.3 is 0 Å². The van der Waals surface area contributed by atoms with Gasteiger partial charge in [-0.05, 0) is 46.8 Å². The quantitative estimate of drug-likeness (QED) is 0.836. The molecule has 0 bridgehead atoms. The van der Waals surface area contributed by atoms with Gasteiger partial charge in [0.25, 0.3) is 5.91 Å². The molecule has 0 aliphatic carbocycles. The summed E-state index contributed by atoms with van der Waals surface area (Å²) in [5, 5.41) is 7.39. The smallest absolute Gasteiger partial charge is 0.252 e. The van der Waals surface area contributed by atoms with Crippen LogP contribution < -0.4 is 10.2 Å². The van der Waals surface area contributed by atoms with E-state index in [-0.39, 0.29) is 11.8 Å². The molecule has 2 heterocycles. The van der Waals surface area contributed by atoms with Gasteiger partial charge in [-0.25, -0.2) is 0 Å². The number of rotatable bonds is 4. The van der Waals surface area contributed by atoms with Crippen molar-refractivity contribution in [2.75, 3.05) is 16.8 Å². The monoisotopic (exact) mass is 372 g/mol. The first kappa shape index (κ1) is 18.5. The van der Waals surface area contributed by atoms with Crippen LogP contribution in [0.2, 0.25) is 0 Å². The number of nitrogens with one attached hydrogen (secondary N) is 1. The van der Waals surface area contributed by atoms with E-state index in [9.17, 15) is 9.59 Å². The summed E-state index contributed by atoms with van der Waals surface area (Å²) in [5.41, 5.74) is 3.19. The van der Waals surface area contributed by atoms with Gasteiger partial charge in [0.1, 0.15) is 0 Å². The molecule has 6 nitrogen and oxygen atoms in total. The van der Waals surface area contributed by atoms with Crippen molar-refractivity contribution >= 4 is 35.0 Å². The molecule has 3 rings (SSSR count). The number of amides is 2. The molecule has 1 aromatic heterocycles. The Morgan fingerprint density at radius 3 is 2.54 bits per heavy atom. The molecular formula is C19H24N4O2S. The molecule has 0 spiro atoms. The first-order valence-corrected chi connectivity index (χ1v) is 9.60. The van der Waals surface area contributed by atoms with Crippen molar-refractivity contribution in [3.8, 4) is 0 Å². The minimum atomic E-state index is -1.22. The topological polar surface area (TPSA) is 67.2 Å². The summed E-state index contributed by atoms with van der Waals surface area (Å²) in [4.78, 5) is 28.9. The predicted molar refractivity (Wildman–Crippen MR) is 105 cm³/mol. The predicted octanol–water partition coefficient (Wildman–Crippen LogP) is 3.38. The van der Waals surface area contributed by atoms with Gasteiger partial charge in [-0.2, -0.15) is 5.10 Å². The number of nitrogens with zero attached hydrogens (tertiary/aromatic N) is 3. The number of fused-ring (bicyclic) bond motifs is 1. The number of carbonyl (C=O) groups is 2. The molecule has 2 aromatic rings. The lowest BCUT2D eigenvalue weighted by Gasteiger charge is -2.38. The molecule has 1 aliphatic heterocycles. The zero-order valence-electron chi connectivity index (χ0n) is 15.8. The lowest BCUT2D eigenvalue weighted by atomic mass is 10.1. The number of aryl methyl sites for hydroxylation is 2. The molecule has 0 radical (unpaired) electrons. The van der Waals surface area contributed by atoms with Gasteiger partial charge in [0.2, 0.25) is 5.91 Å². The van der Waals surface area contributed by atoms with Crippen LogP contribution in [-0.2, 0) is 16.1 Å². The Hall–Kier alpha value is -2.28. The van der Waals surface area contributed by atoms with Gasteiger partial charge < -0.3 is 10.2 Å². The molecule has 138 valence electrons. The molecule has 1 N–H and O–H groups in total. The summed E-state index contributed by atoms with van der Waals surface area (Å²) in [5.74, 6) is -0.512. The summed E-state index contributed by atoms with van der Waals surface area (Å²) in [6.45, 7) is 10.6. The van der Waals surface area contributed by atoms with E-state index in [1.54, 1.807) is 11.8 Å². The average molecular weight is 372 g/mol. The second-order valence-corrected chi connectivity index (χ2v) is 7.93. The van der Waals surface area contributed by atoms with Crippen molar-refractivity contribution in [1.82, 2.24) is 9.78 Å². The van der Waals surface area contributed by atoms with Crippen LogP contribution in [0.25, 0.3) is 0 Å². The Morgan fingerprint density at radius 1 is 1.23 bits per heavy atom. The number of benzene rings is 1. The number of hydrogen-bond acceptors (Lipinski definition) is 4. The van der Waals surface area contributed by atoms with Crippen molar-refractivity contribution in [3.63, 3.8) is 0 Å². The molecule has 26 heavy (non-hydrogen) atoms. The van der Waals surface area contributed by atoms with Crippen molar-refractivity contribution in [1.29, 1.82) is 0 Å². The fourth-order valence-electron chi connectivity index (χ4n) is 3.27. The Kier molecular flexibility index (Phi) is 4.84. The maximum absolute atomic E-state index is 13.2. The van der Waals surface area contributed by atoms with Crippen LogP contribution >= 0.6 is 11.8 Å². The van der Waals surface area contributed by atoms with Crippen molar-refractivity contribution in [2.24, 2.45) is 0 Å². The SMILES string of the molecule is CCN1C(=O)C(C)(C(=O)Nc2c(C)nn(CC)c2C)Sc2ccccc21. The van der Waals surface area contributed by atoms with Crippen LogP contribution in [0.5, 0.6) is 0 Å². The lowest BCUT2D eigenvalue weighted by Crippen LogP contribution is -2.54. The van der Waals surface area contributed by atoms with Gasteiger partial charge in [0.05, 0.1) is 22.8 Å². The molecule has 1 atom stereocenters. The molecule has 0 fully saturated rings. The normalized spacial score (nSPS) is 19.4. The summed E-state index contributed by atoms with van der Waals surface area (Å²) >= 11 is 1.31. The average Bonchev–Trinajstić information content (AvgIpc) is 2.90. The highest BCUT2D eigenvalue weighted by Gasteiger charge is 2.49. The van der Waals surface area contributed by atoms with E-state index in [4.69, 9.17) is 0 Å². The van der Waals surface area contributed by atoms with Crippen LogP contribution in [0.3, 0.4) is 0 Å². The van der Waals surface area contributed by atoms with E-state index >= 15 is 0 Å². The minimum Gasteiger partial charge on any atom is -0.321 e. The third-order valence-electron chi connectivity index (χ3n) is 4.79. The van der Waals surface area contributed by atoms with Gasteiger partial charge in [-0.3, -0.25) is 14.3 Å². The zero-order chi connectivity index (χ0) is 19.1. The molecule has 1 aromatic carbocycles. The summed E-state index contributed by atoms with van der Waals surface area (Å²) < 4.78 is 0.619. The number of hydrogen-bond donors (Lipinski definition) is 1. The largest absolute Gasteiger partial charge is 0.321 e. The first-order chi connectivity index (χ1) is 12.3. The highest BCUT2D eigenvalue weighted by Crippen LogP contribution is 2.45. The van der Waals surface area contributed by atoms with Crippen LogP contribution in [0.4, 0.5) is 11.4 Å². The van der Waals surface area contributed by atoms with E-state index in [0.717, 1.165) is 28.5 Å². The maximum Gasteiger partial charge on any atom is 0.252 e. The second-order valence-electron chi connectivity index (χ2n) is 6.47. The van der Waals surface area contributed by atoms with E-state index < -0.39 is 4.75 Å². The Labute approximate surface area is 157 Å². The van der Waals surface area contributed by atoms with E-state index in [1.807, 2.05) is 56.6 Å². The Balaban J connectivity index is 1.96. The van der Waals surface area contributed by atoms with Gasteiger partial charge in [0.15, 0.2) is 4.75 Å². The van der Waals surface area contributed by atoms with Gasteiger partial charge in [-0.1, -0.05) is 23.9 Å². The molecule has 0 saturated heterocycles. The lowest BCUT2D eigenvalue weighted by molar-refractivity contribution is -0.128. The second kappa shape index (κ2) is 6.79. The van der Waals surface area contributed by atoms with Crippen LogP contribution in [0.1, 0.15) is 32.2 Å². The highest BCUT2D eigenvalue weighted by atomic mass is 32.2. The molecule has 1 unspecified atom stereocenters. The molecule has 1 aliphatic rings. The van der Waals surface area contributed by atoms with Crippen molar-refractivity contribution < 1.29 is 9.59 Å².